The molecule has 1 aromatic heterocycles. The fourth-order valence-corrected chi connectivity index (χ4v) is 4.14. The van der Waals surface area contributed by atoms with E-state index in [4.69, 9.17) is 0 Å². The van der Waals surface area contributed by atoms with Crippen LogP contribution in [0.4, 0.5) is 0 Å². The Morgan fingerprint density at radius 2 is 2.13 bits per heavy atom. The molecule has 0 spiro atoms. The van der Waals surface area contributed by atoms with Gasteiger partial charge in [-0.05, 0) is 31.1 Å². The molecule has 0 bridgehead atoms. The topological polar surface area (TPSA) is 40.5 Å². The van der Waals surface area contributed by atoms with E-state index in [9.17, 15) is 0 Å². The summed E-state index contributed by atoms with van der Waals surface area (Å²) in [5.41, 5.74) is 0. The first kappa shape index (κ1) is 18.2. The average Bonchev–Trinajstić information content (AvgIpc) is 3.01. The molecule has 0 aromatic carbocycles. The maximum Gasteiger partial charge on any atom is 0.193 e. The van der Waals surface area contributed by atoms with Crippen LogP contribution in [0.5, 0.6) is 0 Å². The van der Waals surface area contributed by atoms with Gasteiger partial charge in [-0.1, -0.05) is 26.7 Å². The quantitative estimate of drug-likeness (QED) is 0.637. The van der Waals surface area contributed by atoms with Crippen LogP contribution in [0.1, 0.15) is 49.4 Å². The van der Waals surface area contributed by atoms with Crippen molar-refractivity contribution in [2.45, 2.75) is 52.4 Å². The molecular weight excluding hydrogens is 304 g/mol. The minimum atomic E-state index is 0.820. The van der Waals surface area contributed by atoms with Crippen molar-refractivity contribution in [2.24, 2.45) is 16.8 Å². The highest BCUT2D eigenvalue weighted by atomic mass is 32.1. The third kappa shape index (κ3) is 5.79. The van der Waals surface area contributed by atoms with E-state index in [1.165, 1.54) is 35.6 Å². The van der Waals surface area contributed by atoms with Gasteiger partial charge >= 0.3 is 0 Å². The molecule has 0 saturated heterocycles. The molecule has 0 amide bonds. The smallest absolute Gasteiger partial charge is 0.193 e. The number of thiazole rings is 1. The van der Waals surface area contributed by atoms with Crippen molar-refractivity contribution in [1.82, 2.24) is 15.2 Å². The van der Waals surface area contributed by atoms with Crippen molar-refractivity contribution < 1.29 is 0 Å². The second-order valence-electron chi connectivity index (χ2n) is 6.80. The molecule has 1 saturated carbocycles. The maximum atomic E-state index is 4.48. The van der Waals surface area contributed by atoms with E-state index in [0.717, 1.165) is 43.7 Å². The van der Waals surface area contributed by atoms with Crippen LogP contribution < -0.4 is 5.32 Å². The normalized spacial score (nSPS) is 22.2. The van der Waals surface area contributed by atoms with Gasteiger partial charge in [-0.25, -0.2) is 4.98 Å². The van der Waals surface area contributed by atoms with Gasteiger partial charge in [0, 0.05) is 44.7 Å². The number of aromatic nitrogens is 1. The van der Waals surface area contributed by atoms with Crippen molar-refractivity contribution in [1.29, 1.82) is 0 Å². The van der Waals surface area contributed by atoms with Crippen molar-refractivity contribution in [3.8, 4) is 0 Å². The predicted molar refractivity (Wildman–Crippen MR) is 100 cm³/mol. The van der Waals surface area contributed by atoms with Crippen LogP contribution in [0.3, 0.4) is 0 Å². The van der Waals surface area contributed by atoms with E-state index in [1.807, 2.05) is 24.6 Å². The first-order valence-electron chi connectivity index (χ1n) is 8.97. The fraction of sp³-hybridized carbons (Fsp3) is 0.778. The van der Waals surface area contributed by atoms with Crippen molar-refractivity contribution in [3.05, 3.63) is 16.1 Å². The van der Waals surface area contributed by atoms with Gasteiger partial charge in [-0.15, -0.1) is 11.3 Å². The zero-order valence-corrected chi connectivity index (χ0v) is 16.0. The molecule has 130 valence electrons. The summed E-state index contributed by atoms with van der Waals surface area (Å²) in [6.45, 7) is 6.57. The number of aliphatic imine (C=N–C) groups is 1. The van der Waals surface area contributed by atoms with E-state index in [2.05, 4.69) is 41.1 Å². The molecule has 1 N–H and O–H groups in total. The summed E-state index contributed by atoms with van der Waals surface area (Å²) in [4.78, 5) is 12.6. The number of nitrogens with one attached hydrogen (secondary N) is 1. The molecule has 0 aliphatic heterocycles. The third-order valence-electron chi connectivity index (χ3n) is 4.81. The Morgan fingerprint density at radius 3 is 2.74 bits per heavy atom. The highest BCUT2D eigenvalue weighted by molar-refractivity contribution is 7.11. The summed E-state index contributed by atoms with van der Waals surface area (Å²) >= 11 is 1.82. The van der Waals surface area contributed by atoms with Crippen LogP contribution >= 0.6 is 11.3 Å². The summed E-state index contributed by atoms with van der Waals surface area (Å²) in [5.74, 6) is 2.75. The Morgan fingerprint density at radius 1 is 1.39 bits per heavy atom. The maximum absolute atomic E-state index is 4.48. The molecule has 2 rings (SSSR count). The van der Waals surface area contributed by atoms with Gasteiger partial charge in [0.25, 0.3) is 0 Å². The van der Waals surface area contributed by atoms with Crippen LogP contribution in [0.25, 0.3) is 0 Å². The van der Waals surface area contributed by atoms with E-state index < -0.39 is 0 Å². The standard InChI is InChI=1S/C18H32N4S/c1-5-16-12-21-17(23-16)10-11-20-18(19-3)22(4)13-15-8-6-14(2)7-9-15/h12,14-15H,5-11,13H2,1-4H3,(H,19,20). The number of guanidine groups is 1. The summed E-state index contributed by atoms with van der Waals surface area (Å²) in [6, 6.07) is 0. The number of hydrogen-bond acceptors (Lipinski definition) is 3. The highest BCUT2D eigenvalue weighted by Crippen LogP contribution is 2.28. The lowest BCUT2D eigenvalue weighted by molar-refractivity contribution is 0.250. The van der Waals surface area contributed by atoms with Gasteiger partial charge in [0.2, 0.25) is 0 Å². The van der Waals surface area contributed by atoms with Crippen LogP contribution in [0.15, 0.2) is 11.2 Å². The largest absolute Gasteiger partial charge is 0.356 e. The fourth-order valence-electron chi connectivity index (χ4n) is 3.28. The molecule has 4 nitrogen and oxygen atoms in total. The molecule has 23 heavy (non-hydrogen) atoms. The second kappa shape index (κ2) is 9.26. The van der Waals surface area contributed by atoms with Crippen LogP contribution in [0.2, 0.25) is 0 Å². The van der Waals surface area contributed by atoms with Crippen LogP contribution in [-0.2, 0) is 12.8 Å². The van der Waals surface area contributed by atoms with Crippen molar-refractivity contribution >= 4 is 17.3 Å². The lowest BCUT2D eigenvalue weighted by Gasteiger charge is -2.31. The van der Waals surface area contributed by atoms with Gasteiger partial charge in [0.15, 0.2) is 5.96 Å². The molecule has 1 aromatic rings. The lowest BCUT2D eigenvalue weighted by Crippen LogP contribution is -2.42. The van der Waals surface area contributed by atoms with E-state index in [1.54, 1.807) is 0 Å². The zero-order chi connectivity index (χ0) is 16.7. The first-order chi connectivity index (χ1) is 11.1. The number of nitrogens with zero attached hydrogens (tertiary/aromatic N) is 3. The minimum absolute atomic E-state index is 0.820. The van der Waals surface area contributed by atoms with Crippen molar-refractivity contribution in [2.75, 3.05) is 27.2 Å². The molecular formula is C18H32N4S. The van der Waals surface area contributed by atoms with Gasteiger partial charge < -0.3 is 10.2 Å². The molecule has 1 heterocycles. The summed E-state index contributed by atoms with van der Waals surface area (Å²) in [6.07, 6.45) is 9.55. The second-order valence-corrected chi connectivity index (χ2v) is 8.00. The predicted octanol–water partition coefficient (Wildman–Crippen LogP) is 3.58. The molecule has 0 unspecified atom stereocenters. The zero-order valence-electron chi connectivity index (χ0n) is 15.1. The summed E-state index contributed by atoms with van der Waals surface area (Å²) in [7, 11) is 4.03. The van der Waals surface area contributed by atoms with Gasteiger partial charge in [-0.3, -0.25) is 4.99 Å². The Balaban J connectivity index is 1.73. The number of rotatable bonds is 6. The van der Waals surface area contributed by atoms with E-state index in [-0.39, 0.29) is 0 Å². The monoisotopic (exact) mass is 336 g/mol. The number of hydrogen-bond donors (Lipinski definition) is 1. The number of aryl methyl sites for hydroxylation is 1. The van der Waals surface area contributed by atoms with E-state index >= 15 is 0 Å². The first-order valence-corrected chi connectivity index (χ1v) is 9.79. The van der Waals surface area contributed by atoms with Crippen LogP contribution in [0, 0.1) is 11.8 Å². The van der Waals surface area contributed by atoms with Crippen molar-refractivity contribution in [3.63, 3.8) is 0 Å². The lowest BCUT2D eigenvalue weighted by atomic mass is 9.83. The van der Waals surface area contributed by atoms with Gasteiger partial charge in [0.05, 0.1) is 5.01 Å². The van der Waals surface area contributed by atoms with Crippen LogP contribution in [-0.4, -0.2) is 43.0 Å². The molecule has 0 radical (unpaired) electrons. The molecule has 1 aliphatic carbocycles. The summed E-state index contributed by atoms with van der Waals surface area (Å²) in [5, 5.41) is 4.70. The third-order valence-corrected chi connectivity index (χ3v) is 6.01. The molecule has 0 atom stereocenters. The highest BCUT2D eigenvalue weighted by Gasteiger charge is 2.20. The van der Waals surface area contributed by atoms with Gasteiger partial charge in [-0.2, -0.15) is 0 Å². The summed E-state index contributed by atoms with van der Waals surface area (Å²) < 4.78 is 0. The van der Waals surface area contributed by atoms with Gasteiger partial charge in [0.1, 0.15) is 0 Å². The Labute approximate surface area is 145 Å². The average molecular weight is 337 g/mol. The Hall–Kier alpha value is -1.10. The molecule has 1 aliphatic rings. The Kier molecular flexibility index (Phi) is 7.34. The Bertz CT molecular complexity index is 489. The molecule has 1 fully saturated rings. The minimum Gasteiger partial charge on any atom is -0.356 e. The SMILES string of the molecule is CCc1cnc(CCNC(=NC)N(C)CC2CCC(C)CC2)s1. The van der Waals surface area contributed by atoms with E-state index in [0.29, 0.717) is 0 Å². The molecule has 5 heteroatoms.